The van der Waals surface area contributed by atoms with Crippen molar-refractivity contribution in [3.8, 4) is 10.7 Å². The third kappa shape index (κ3) is 3.35. The molecule has 0 saturated heterocycles. The van der Waals surface area contributed by atoms with Gasteiger partial charge in [0.1, 0.15) is 4.88 Å². The first-order valence-corrected chi connectivity index (χ1v) is 7.18. The maximum Gasteiger partial charge on any atom is 0.303 e. The van der Waals surface area contributed by atoms with Crippen LogP contribution in [0.15, 0.2) is 0 Å². The summed E-state index contributed by atoms with van der Waals surface area (Å²) in [5, 5.41) is 24.5. The molecule has 0 amide bonds. The van der Waals surface area contributed by atoms with Gasteiger partial charge in [-0.25, -0.2) is 4.68 Å². The fourth-order valence-electron chi connectivity index (χ4n) is 1.93. The summed E-state index contributed by atoms with van der Waals surface area (Å²) in [7, 11) is 0. The van der Waals surface area contributed by atoms with Crippen LogP contribution in [0.3, 0.4) is 0 Å². The molecule has 9 heteroatoms. The molecule has 108 valence electrons. The number of carbonyl (C=O) groups is 1. The molecule has 0 spiro atoms. The number of nitrogens with zero attached hydrogens (tertiary/aromatic N) is 6. The van der Waals surface area contributed by atoms with E-state index < -0.39 is 5.97 Å². The summed E-state index contributed by atoms with van der Waals surface area (Å²) in [6.07, 6.45) is 1.88. The quantitative estimate of drug-likeness (QED) is 0.819. The molecule has 2 aromatic heterocycles. The van der Waals surface area contributed by atoms with E-state index in [2.05, 4.69) is 32.0 Å². The van der Waals surface area contributed by atoms with Crippen molar-refractivity contribution in [3.05, 3.63) is 5.69 Å². The third-order valence-electron chi connectivity index (χ3n) is 2.79. The van der Waals surface area contributed by atoms with Gasteiger partial charge in [-0.15, -0.1) is 10.2 Å². The summed E-state index contributed by atoms with van der Waals surface area (Å²) in [4.78, 5) is 11.6. The van der Waals surface area contributed by atoms with Gasteiger partial charge in [0.2, 0.25) is 0 Å². The Balaban J connectivity index is 2.19. The van der Waals surface area contributed by atoms with E-state index in [9.17, 15) is 4.79 Å². The molecule has 0 radical (unpaired) electrons. The van der Waals surface area contributed by atoms with Crippen LogP contribution in [-0.4, -0.2) is 40.9 Å². The fourth-order valence-corrected chi connectivity index (χ4v) is 2.62. The molecule has 0 fully saturated rings. The predicted molar refractivity (Wildman–Crippen MR) is 72.1 cm³/mol. The fraction of sp³-hybridized carbons (Fsp3) is 0.636. The molecule has 0 saturated carbocycles. The molecular formula is C11H16N6O2S. The summed E-state index contributed by atoms with van der Waals surface area (Å²) in [5.74, 6) is -0.260. The predicted octanol–water partition coefficient (Wildman–Crippen LogP) is 1.25. The number of carboxylic acid groups (broad SMARTS) is 1. The van der Waals surface area contributed by atoms with Crippen LogP contribution in [0.5, 0.6) is 0 Å². The topological polar surface area (TPSA) is 107 Å². The van der Waals surface area contributed by atoms with Crippen molar-refractivity contribution >= 4 is 17.5 Å². The zero-order valence-electron chi connectivity index (χ0n) is 11.4. The van der Waals surface area contributed by atoms with E-state index in [0.717, 1.165) is 23.4 Å². The number of carboxylic acids is 1. The van der Waals surface area contributed by atoms with Crippen molar-refractivity contribution in [2.24, 2.45) is 5.92 Å². The Kier molecular flexibility index (Phi) is 4.72. The lowest BCUT2D eigenvalue weighted by atomic mass is 10.1. The zero-order valence-corrected chi connectivity index (χ0v) is 12.2. The molecule has 0 aromatic carbocycles. The first-order valence-electron chi connectivity index (χ1n) is 6.41. The minimum Gasteiger partial charge on any atom is -0.481 e. The molecule has 0 aliphatic carbocycles. The molecule has 0 bridgehead atoms. The second kappa shape index (κ2) is 6.51. The molecule has 2 heterocycles. The normalized spacial score (nSPS) is 12.5. The smallest absolute Gasteiger partial charge is 0.303 e. The van der Waals surface area contributed by atoms with Gasteiger partial charge in [0.05, 0.1) is 5.69 Å². The Morgan fingerprint density at radius 2 is 2.25 bits per heavy atom. The standard InChI is InChI=1S/C11H16N6O2S/c1-3-4-8-10(20-16-12-8)11-13-14-15-17(11)6-7(2)5-9(18)19/h7H,3-6H2,1-2H3,(H,18,19). The first-order chi connectivity index (χ1) is 9.61. The van der Waals surface area contributed by atoms with E-state index in [1.165, 1.54) is 11.5 Å². The average Bonchev–Trinajstić information content (AvgIpc) is 2.97. The second-order valence-corrected chi connectivity index (χ2v) is 5.44. The highest BCUT2D eigenvalue weighted by Gasteiger charge is 2.19. The highest BCUT2D eigenvalue weighted by molar-refractivity contribution is 7.09. The Morgan fingerprint density at radius 3 is 2.95 bits per heavy atom. The lowest BCUT2D eigenvalue weighted by molar-refractivity contribution is -0.138. The second-order valence-electron chi connectivity index (χ2n) is 4.69. The van der Waals surface area contributed by atoms with Gasteiger partial charge in [0, 0.05) is 13.0 Å². The number of rotatable bonds is 7. The van der Waals surface area contributed by atoms with Crippen LogP contribution in [-0.2, 0) is 17.8 Å². The van der Waals surface area contributed by atoms with Crippen molar-refractivity contribution in [2.75, 3.05) is 0 Å². The highest BCUT2D eigenvalue weighted by atomic mass is 32.1. The van der Waals surface area contributed by atoms with Gasteiger partial charge in [-0.05, 0) is 34.3 Å². The summed E-state index contributed by atoms with van der Waals surface area (Å²) >= 11 is 1.26. The number of hydrogen-bond donors (Lipinski definition) is 1. The molecule has 20 heavy (non-hydrogen) atoms. The van der Waals surface area contributed by atoms with Crippen LogP contribution in [0.1, 0.15) is 32.4 Å². The van der Waals surface area contributed by atoms with Crippen LogP contribution in [0.25, 0.3) is 10.7 Å². The molecule has 1 atom stereocenters. The molecule has 2 aromatic rings. The molecule has 8 nitrogen and oxygen atoms in total. The van der Waals surface area contributed by atoms with Crippen molar-refractivity contribution < 1.29 is 9.90 Å². The van der Waals surface area contributed by atoms with E-state index in [1.54, 1.807) is 4.68 Å². The molecule has 0 aliphatic rings. The highest BCUT2D eigenvalue weighted by Crippen LogP contribution is 2.25. The third-order valence-corrected chi connectivity index (χ3v) is 3.55. The SMILES string of the molecule is CCCc1nnsc1-c1nnnn1CC(C)CC(=O)O. The zero-order chi connectivity index (χ0) is 14.5. The van der Waals surface area contributed by atoms with E-state index in [0.29, 0.717) is 12.4 Å². The minimum atomic E-state index is -0.821. The minimum absolute atomic E-state index is 0.0507. The number of hydrogen-bond acceptors (Lipinski definition) is 7. The van der Waals surface area contributed by atoms with E-state index >= 15 is 0 Å². The van der Waals surface area contributed by atoms with Gasteiger partial charge in [-0.2, -0.15) is 0 Å². The lowest BCUT2D eigenvalue weighted by Gasteiger charge is -2.09. The number of aromatic nitrogens is 6. The Hall–Kier alpha value is -1.90. The largest absolute Gasteiger partial charge is 0.481 e. The van der Waals surface area contributed by atoms with Crippen molar-refractivity contribution in [1.29, 1.82) is 0 Å². The summed E-state index contributed by atoms with van der Waals surface area (Å²) in [5.41, 5.74) is 0.888. The number of aliphatic carboxylic acids is 1. The van der Waals surface area contributed by atoms with Crippen molar-refractivity contribution in [3.63, 3.8) is 0 Å². The summed E-state index contributed by atoms with van der Waals surface area (Å²) in [6, 6.07) is 0. The van der Waals surface area contributed by atoms with E-state index in [-0.39, 0.29) is 12.3 Å². The lowest BCUT2D eigenvalue weighted by Crippen LogP contribution is -2.14. The van der Waals surface area contributed by atoms with E-state index in [4.69, 9.17) is 5.11 Å². The molecular weight excluding hydrogens is 280 g/mol. The van der Waals surface area contributed by atoms with Gasteiger partial charge >= 0.3 is 5.97 Å². The summed E-state index contributed by atoms with van der Waals surface area (Å²) < 4.78 is 5.58. The average molecular weight is 296 g/mol. The van der Waals surface area contributed by atoms with Crippen LogP contribution >= 0.6 is 11.5 Å². The van der Waals surface area contributed by atoms with Gasteiger partial charge in [0.25, 0.3) is 0 Å². The van der Waals surface area contributed by atoms with Crippen molar-refractivity contribution in [1.82, 2.24) is 29.8 Å². The Labute approximate surface area is 120 Å². The molecule has 1 unspecified atom stereocenters. The molecule has 0 aliphatic heterocycles. The van der Waals surface area contributed by atoms with Gasteiger partial charge in [-0.1, -0.05) is 24.8 Å². The van der Waals surface area contributed by atoms with Crippen LogP contribution in [0.2, 0.25) is 0 Å². The number of tetrazole rings is 1. The van der Waals surface area contributed by atoms with Crippen LogP contribution in [0.4, 0.5) is 0 Å². The van der Waals surface area contributed by atoms with E-state index in [1.807, 2.05) is 6.92 Å². The molecule has 2 rings (SSSR count). The number of aryl methyl sites for hydroxylation is 1. The first kappa shape index (κ1) is 14.5. The maximum absolute atomic E-state index is 10.7. The van der Waals surface area contributed by atoms with Crippen molar-refractivity contribution in [2.45, 2.75) is 39.7 Å². The maximum atomic E-state index is 10.7. The Morgan fingerprint density at radius 1 is 1.45 bits per heavy atom. The van der Waals surface area contributed by atoms with Gasteiger partial charge < -0.3 is 5.11 Å². The Bertz CT molecular complexity index is 581. The molecule has 1 N–H and O–H groups in total. The van der Waals surface area contributed by atoms with Gasteiger partial charge in [0.15, 0.2) is 5.82 Å². The monoisotopic (exact) mass is 296 g/mol. The van der Waals surface area contributed by atoms with Crippen LogP contribution < -0.4 is 0 Å². The van der Waals surface area contributed by atoms with Gasteiger partial charge in [-0.3, -0.25) is 4.79 Å². The summed E-state index contributed by atoms with van der Waals surface area (Å²) in [6.45, 7) is 4.39. The van der Waals surface area contributed by atoms with Crippen LogP contribution in [0, 0.1) is 5.92 Å².